The second-order valence-electron chi connectivity index (χ2n) is 7.84. The molecule has 2 aliphatic rings. The van der Waals surface area contributed by atoms with Crippen LogP contribution in [-0.4, -0.2) is 31.2 Å². The van der Waals surface area contributed by atoms with Gasteiger partial charge in [-0.2, -0.15) is 0 Å². The molecule has 0 unspecified atom stereocenters. The van der Waals surface area contributed by atoms with Crippen LogP contribution in [0.15, 0.2) is 42.6 Å². The number of nitrogens with one attached hydrogen (secondary N) is 1. The maximum absolute atomic E-state index is 12.7. The first-order valence-corrected chi connectivity index (χ1v) is 10.1. The fraction of sp³-hybridized carbons (Fsp3) is 0.478. The lowest BCUT2D eigenvalue weighted by atomic mass is 9.53. The van der Waals surface area contributed by atoms with E-state index in [4.69, 9.17) is 9.47 Å². The molecule has 4 rings (SSSR count). The lowest BCUT2D eigenvalue weighted by Gasteiger charge is -2.55. The van der Waals surface area contributed by atoms with E-state index in [1.165, 1.54) is 31.2 Å². The molecular weight excluding hydrogens is 352 g/mol. The normalized spacial score (nSPS) is 25.9. The number of rotatable bonds is 6. The number of hydrogen-bond donors (Lipinski definition) is 1. The van der Waals surface area contributed by atoms with E-state index in [1.54, 1.807) is 20.4 Å². The van der Waals surface area contributed by atoms with Crippen LogP contribution in [0.5, 0.6) is 11.5 Å². The van der Waals surface area contributed by atoms with Gasteiger partial charge in [0.25, 0.3) is 0 Å². The summed E-state index contributed by atoms with van der Waals surface area (Å²) in [6.45, 7) is 0. The highest BCUT2D eigenvalue weighted by Gasteiger charge is 2.51. The van der Waals surface area contributed by atoms with Gasteiger partial charge in [0.15, 0.2) is 11.5 Å². The summed E-state index contributed by atoms with van der Waals surface area (Å²) in [7, 11) is 3.32. The van der Waals surface area contributed by atoms with Gasteiger partial charge in [0.1, 0.15) is 0 Å². The zero-order chi connectivity index (χ0) is 19.5. The van der Waals surface area contributed by atoms with E-state index in [-0.39, 0.29) is 11.9 Å². The van der Waals surface area contributed by atoms with Crippen molar-refractivity contribution in [2.24, 2.45) is 11.8 Å². The highest BCUT2D eigenvalue weighted by molar-refractivity contribution is 5.78. The minimum atomic E-state index is 0.0539. The Kier molecular flexibility index (Phi) is 5.51. The van der Waals surface area contributed by atoms with Crippen molar-refractivity contribution in [3.8, 4) is 11.5 Å². The number of fused-ring (bicyclic) bond motifs is 1. The summed E-state index contributed by atoms with van der Waals surface area (Å²) >= 11 is 0. The Labute approximate surface area is 166 Å². The molecule has 2 aliphatic carbocycles. The molecule has 4 atom stereocenters. The molecule has 2 fully saturated rings. The van der Waals surface area contributed by atoms with Gasteiger partial charge >= 0.3 is 0 Å². The molecule has 28 heavy (non-hydrogen) atoms. The smallest absolute Gasteiger partial charge is 0.226 e. The molecule has 0 bridgehead atoms. The van der Waals surface area contributed by atoms with Crippen molar-refractivity contribution < 1.29 is 14.3 Å². The Bertz CT molecular complexity index is 824. The largest absolute Gasteiger partial charge is 0.493 e. The lowest BCUT2D eigenvalue weighted by molar-refractivity contribution is -0.124. The minimum absolute atomic E-state index is 0.0539. The Morgan fingerprint density at radius 2 is 1.86 bits per heavy atom. The van der Waals surface area contributed by atoms with Crippen molar-refractivity contribution in [2.45, 2.75) is 44.1 Å². The summed E-state index contributed by atoms with van der Waals surface area (Å²) < 4.78 is 10.9. The van der Waals surface area contributed by atoms with E-state index >= 15 is 0 Å². The standard InChI is InChI=1S/C23H28N2O3/c1-27-19-11-10-15(13-20(19)28-2)22-17-8-3-4-9-18(17)23(22)25-21(26)14-16-7-5-6-12-24-16/h5-7,10-13,17-18,22-23H,3-4,8-9,14H2,1-2H3,(H,25,26)/t17-,18+,22-,23-/m0/s1. The topological polar surface area (TPSA) is 60.5 Å². The van der Waals surface area contributed by atoms with Gasteiger partial charge in [-0.1, -0.05) is 25.0 Å². The summed E-state index contributed by atoms with van der Waals surface area (Å²) in [5.74, 6) is 3.07. The van der Waals surface area contributed by atoms with E-state index < -0.39 is 0 Å². The number of hydrogen-bond acceptors (Lipinski definition) is 4. The van der Waals surface area contributed by atoms with Crippen LogP contribution in [0.3, 0.4) is 0 Å². The summed E-state index contributed by atoms with van der Waals surface area (Å²) in [4.78, 5) is 17.0. The van der Waals surface area contributed by atoms with Gasteiger partial charge in [-0.05, 0) is 54.5 Å². The molecule has 0 aliphatic heterocycles. The number of ether oxygens (including phenoxy) is 2. The van der Waals surface area contributed by atoms with Gasteiger partial charge in [-0.25, -0.2) is 0 Å². The molecule has 1 heterocycles. The first-order chi connectivity index (χ1) is 13.7. The molecule has 0 spiro atoms. The fourth-order valence-corrected chi connectivity index (χ4v) is 5.08. The molecular formula is C23H28N2O3. The van der Waals surface area contributed by atoms with Gasteiger partial charge < -0.3 is 14.8 Å². The Morgan fingerprint density at radius 1 is 1.07 bits per heavy atom. The van der Waals surface area contributed by atoms with E-state index in [9.17, 15) is 4.79 Å². The van der Waals surface area contributed by atoms with E-state index in [2.05, 4.69) is 22.4 Å². The van der Waals surface area contributed by atoms with Crippen molar-refractivity contribution in [2.75, 3.05) is 14.2 Å². The maximum atomic E-state index is 12.7. The van der Waals surface area contributed by atoms with Crippen LogP contribution in [0.1, 0.15) is 42.9 Å². The van der Waals surface area contributed by atoms with Crippen LogP contribution in [0, 0.1) is 11.8 Å². The van der Waals surface area contributed by atoms with Crippen LogP contribution in [0.2, 0.25) is 0 Å². The molecule has 5 nitrogen and oxygen atoms in total. The predicted octanol–water partition coefficient (Wildman–Crippen LogP) is 3.73. The van der Waals surface area contributed by atoms with Gasteiger partial charge in [0, 0.05) is 23.9 Å². The van der Waals surface area contributed by atoms with Crippen LogP contribution >= 0.6 is 0 Å². The van der Waals surface area contributed by atoms with Gasteiger partial charge in [0.2, 0.25) is 5.91 Å². The molecule has 0 saturated heterocycles. The number of amides is 1. The SMILES string of the molecule is COc1ccc([C@H]2[C@H]3CCCC[C@H]3[C@@H]2NC(=O)Cc2ccccn2)cc1OC. The number of benzene rings is 1. The molecule has 1 aromatic carbocycles. The molecule has 1 amide bonds. The van der Waals surface area contributed by atoms with Crippen LogP contribution in [-0.2, 0) is 11.2 Å². The third-order valence-corrected chi connectivity index (χ3v) is 6.37. The van der Waals surface area contributed by atoms with E-state index in [0.29, 0.717) is 24.2 Å². The lowest BCUT2D eigenvalue weighted by Crippen LogP contribution is -2.59. The second kappa shape index (κ2) is 8.21. The number of nitrogens with zero attached hydrogens (tertiary/aromatic N) is 1. The van der Waals surface area contributed by atoms with Crippen LogP contribution in [0.25, 0.3) is 0 Å². The second-order valence-corrected chi connectivity index (χ2v) is 7.84. The Balaban J connectivity index is 1.53. The number of carbonyl (C=O) groups excluding carboxylic acids is 1. The highest BCUT2D eigenvalue weighted by atomic mass is 16.5. The molecule has 5 heteroatoms. The summed E-state index contributed by atoms with van der Waals surface area (Å²) in [5.41, 5.74) is 2.03. The van der Waals surface area contributed by atoms with Gasteiger partial charge in [-0.3, -0.25) is 9.78 Å². The fourth-order valence-electron chi connectivity index (χ4n) is 5.08. The van der Waals surface area contributed by atoms with Crippen molar-refractivity contribution in [3.05, 3.63) is 53.9 Å². The maximum Gasteiger partial charge on any atom is 0.226 e. The van der Waals surface area contributed by atoms with E-state index in [1.807, 2.05) is 24.3 Å². The summed E-state index contributed by atoms with van der Waals surface area (Å²) in [6.07, 6.45) is 7.02. The molecule has 2 saturated carbocycles. The zero-order valence-corrected chi connectivity index (χ0v) is 16.6. The Hall–Kier alpha value is -2.56. The summed E-state index contributed by atoms with van der Waals surface area (Å²) in [5, 5.41) is 3.33. The number of methoxy groups -OCH3 is 2. The number of pyridine rings is 1. The number of carbonyl (C=O) groups is 1. The summed E-state index contributed by atoms with van der Waals surface area (Å²) in [6, 6.07) is 12.0. The average Bonchev–Trinajstić information content (AvgIpc) is 2.73. The first kappa shape index (κ1) is 18.8. The molecule has 0 radical (unpaired) electrons. The van der Waals surface area contributed by atoms with Crippen molar-refractivity contribution in [1.29, 1.82) is 0 Å². The Morgan fingerprint density at radius 3 is 2.57 bits per heavy atom. The minimum Gasteiger partial charge on any atom is -0.493 e. The van der Waals surface area contributed by atoms with Crippen molar-refractivity contribution >= 4 is 5.91 Å². The average molecular weight is 380 g/mol. The van der Waals surface area contributed by atoms with Gasteiger partial charge in [-0.15, -0.1) is 0 Å². The predicted molar refractivity (Wildman–Crippen MR) is 108 cm³/mol. The first-order valence-electron chi connectivity index (χ1n) is 10.1. The third kappa shape index (κ3) is 3.58. The monoisotopic (exact) mass is 380 g/mol. The molecule has 1 N–H and O–H groups in total. The van der Waals surface area contributed by atoms with E-state index in [0.717, 1.165) is 17.2 Å². The van der Waals surface area contributed by atoms with Crippen molar-refractivity contribution in [3.63, 3.8) is 0 Å². The molecule has 148 valence electrons. The highest BCUT2D eigenvalue weighted by Crippen LogP contribution is 2.55. The van der Waals surface area contributed by atoms with Crippen LogP contribution in [0.4, 0.5) is 0 Å². The number of aromatic nitrogens is 1. The molecule has 2 aromatic rings. The van der Waals surface area contributed by atoms with Crippen LogP contribution < -0.4 is 14.8 Å². The van der Waals surface area contributed by atoms with Gasteiger partial charge in [0.05, 0.1) is 20.6 Å². The zero-order valence-electron chi connectivity index (χ0n) is 16.6. The third-order valence-electron chi connectivity index (χ3n) is 6.37. The van der Waals surface area contributed by atoms with Crippen molar-refractivity contribution in [1.82, 2.24) is 10.3 Å². The molecule has 1 aromatic heterocycles. The quantitative estimate of drug-likeness (QED) is 0.830.